The van der Waals surface area contributed by atoms with Crippen LogP contribution >= 0.6 is 7.82 Å². The van der Waals surface area contributed by atoms with Crippen molar-refractivity contribution in [3.63, 3.8) is 0 Å². The third kappa shape index (κ3) is 41.5. The number of hydrogen-bond acceptors (Lipinski definition) is 6. The Hall–Kier alpha value is -0.500. The molecule has 0 aromatic heterocycles. The summed E-state index contributed by atoms with van der Waals surface area (Å²) >= 11 is 0. The smallest absolute Gasteiger partial charge is 0.268 e. The zero-order chi connectivity index (χ0) is 40.7. The van der Waals surface area contributed by atoms with Crippen molar-refractivity contribution in [2.75, 3.05) is 40.9 Å². The number of carbonyl (C=O) groups excluding carboxylic acids is 1. The first-order valence-corrected chi connectivity index (χ1v) is 25.3. The van der Waals surface area contributed by atoms with E-state index in [1.165, 1.54) is 161 Å². The highest BCUT2D eigenvalue weighted by molar-refractivity contribution is 7.45. The molecule has 9 heteroatoms. The zero-order valence-corrected chi connectivity index (χ0v) is 38.3. The summed E-state index contributed by atoms with van der Waals surface area (Å²) in [7, 11) is 1.31. The SMILES string of the molecule is CCCCCCCCCCCCCCCCCCCCCCCCCCCCCCC(=O)NC(COP(=O)([O-])OCC[N+](C)(C)C)C(O)CCCCCCC. The molecule has 0 rings (SSSR count). The van der Waals surface area contributed by atoms with Gasteiger partial charge in [-0.1, -0.05) is 219 Å². The number of carbonyl (C=O) groups is 1. The van der Waals surface area contributed by atoms with Gasteiger partial charge < -0.3 is 28.8 Å². The van der Waals surface area contributed by atoms with Crippen LogP contribution in [0.3, 0.4) is 0 Å². The quantitative estimate of drug-likeness (QED) is 0.0361. The molecule has 2 N–H and O–H groups in total. The van der Waals surface area contributed by atoms with Crippen LogP contribution in [-0.4, -0.2) is 68.5 Å². The van der Waals surface area contributed by atoms with Crippen molar-refractivity contribution < 1.29 is 32.9 Å². The summed E-state index contributed by atoms with van der Waals surface area (Å²) in [5.41, 5.74) is 0. The molecule has 0 saturated carbocycles. The Kier molecular flexibility index (Phi) is 38.6. The maximum Gasteiger partial charge on any atom is 0.268 e. The number of nitrogens with zero attached hydrogens (tertiary/aromatic N) is 1. The normalized spacial score (nSPS) is 14.2. The van der Waals surface area contributed by atoms with Crippen LogP contribution in [0.5, 0.6) is 0 Å². The minimum atomic E-state index is -4.54. The molecule has 1 amide bonds. The van der Waals surface area contributed by atoms with Crippen LogP contribution in [0.15, 0.2) is 0 Å². The molecule has 0 saturated heterocycles. The molecule has 0 radical (unpaired) electrons. The minimum Gasteiger partial charge on any atom is -0.756 e. The Morgan fingerprint density at radius 1 is 0.564 bits per heavy atom. The second kappa shape index (κ2) is 39.0. The molecule has 0 aliphatic heterocycles. The highest BCUT2D eigenvalue weighted by Gasteiger charge is 2.24. The average Bonchev–Trinajstić information content (AvgIpc) is 3.13. The summed E-state index contributed by atoms with van der Waals surface area (Å²) in [6.45, 7) is 4.65. The second-order valence-electron chi connectivity index (χ2n) is 17.8. The first-order chi connectivity index (χ1) is 26.5. The molecule has 3 unspecified atom stereocenters. The first-order valence-electron chi connectivity index (χ1n) is 23.9. The standard InChI is InChI=1S/C46H95N2O6P/c1-6-8-10-12-13-14-15-16-17-18-19-20-21-22-23-24-25-26-27-28-29-30-31-32-33-34-36-38-40-46(50)47-44(45(49)39-37-35-11-9-7-2)43-54-55(51,52)53-42-41-48(3,4)5/h44-45,49H,6-43H2,1-5H3,(H-,47,50,51,52). The van der Waals surface area contributed by atoms with Crippen LogP contribution < -0.4 is 10.2 Å². The Labute approximate surface area is 342 Å². The van der Waals surface area contributed by atoms with E-state index in [1.807, 2.05) is 21.1 Å². The molecule has 0 aromatic rings. The molecule has 330 valence electrons. The Morgan fingerprint density at radius 2 is 0.891 bits per heavy atom. The van der Waals surface area contributed by atoms with Gasteiger partial charge in [-0.05, 0) is 12.8 Å². The van der Waals surface area contributed by atoms with E-state index in [-0.39, 0.29) is 19.1 Å². The fourth-order valence-electron chi connectivity index (χ4n) is 7.28. The van der Waals surface area contributed by atoms with E-state index in [2.05, 4.69) is 19.2 Å². The summed E-state index contributed by atoms with van der Waals surface area (Å²) in [4.78, 5) is 25.1. The van der Waals surface area contributed by atoms with E-state index in [0.29, 0.717) is 23.9 Å². The minimum absolute atomic E-state index is 0.0148. The van der Waals surface area contributed by atoms with Gasteiger partial charge in [0.2, 0.25) is 5.91 Å². The number of amides is 1. The number of phosphoric ester groups is 1. The van der Waals surface area contributed by atoms with E-state index in [1.54, 1.807) is 0 Å². The molecule has 0 spiro atoms. The van der Waals surface area contributed by atoms with Crippen LogP contribution in [0.25, 0.3) is 0 Å². The molecule has 0 fully saturated rings. The van der Waals surface area contributed by atoms with Crippen LogP contribution in [0, 0.1) is 0 Å². The highest BCUT2D eigenvalue weighted by atomic mass is 31.2. The van der Waals surface area contributed by atoms with Gasteiger partial charge in [-0.2, -0.15) is 0 Å². The maximum absolute atomic E-state index is 12.8. The number of unbranched alkanes of at least 4 members (excludes halogenated alkanes) is 31. The second-order valence-corrected chi connectivity index (χ2v) is 19.2. The number of hydrogen-bond donors (Lipinski definition) is 2. The third-order valence-electron chi connectivity index (χ3n) is 11.1. The molecule has 0 aromatic carbocycles. The Balaban J connectivity index is 3.83. The van der Waals surface area contributed by atoms with E-state index >= 15 is 0 Å². The number of phosphoric acid groups is 1. The molecule has 0 aliphatic carbocycles. The lowest BCUT2D eigenvalue weighted by atomic mass is 10.0. The number of aliphatic hydroxyl groups excluding tert-OH is 1. The first kappa shape index (κ1) is 54.5. The predicted molar refractivity (Wildman–Crippen MR) is 233 cm³/mol. The van der Waals surface area contributed by atoms with Crippen LogP contribution in [0.1, 0.15) is 239 Å². The van der Waals surface area contributed by atoms with Crippen LogP contribution in [-0.2, 0) is 18.4 Å². The average molecular weight is 803 g/mol. The highest BCUT2D eigenvalue weighted by Crippen LogP contribution is 2.38. The van der Waals surface area contributed by atoms with Crippen molar-refractivity contribution in [1.82, 2.24) is 5.32 Å². The van der Waals surface area contributed by atoms with Crippen molar-refractivity contribution >= 4 is 13.7 Å². The van der Waals surface area contributed by atoms with Gasteiger partial charge in [0.1, 0.15) is 13.2 Å². The lowest BCUT2D eigenvalue weighted by Crippen LogP contribution is -2.46. The largest absolute Gasteiger partial charge is 0.756 e. The van der Waals surface area contributed by atoms with Crippen molar-refractivity contribution in [1.29, 1.82) is 0 Å². The van der Waals surface area contributed by atoms with Gasteiger partial charge >= 0.3 is 0 Å². The van der Waals surface area contributed by atoms with Gasteiger partial charge in [0.25, 0.3) is 7.82 Å². The van der Waals surface area contributed by atoms with Gasteiger partial charge in [0, 0.05) is 6.42 Å². The number of quaternary nitrogens is 1. The lowest BCUT2D eigenvalue weighted by Gasteiger charge is -2.30. The number of likely N-dealkylation sites (N-methyl/N-ethyl adjacent to an activating group) is 1. The number of aliphatic hydroxyl groups is 1. The summed E-state index contributed by atoms with van der Waals surface area (Å²) in [5.74, 6) is -0.167. The van der Waals surface area contributed by atoms with Gasteiger partial charge in [-0.3, -0.25) is 9.36 Å². The fraction of sp³-hybridized carbons (Fsp3) is 0.978. The van der Waals surface area contributed by atoms with E-state index in [0.717, 1.165) is 51.4 Å². The zero-order valence-electron chi connectivity index (χ0n) is 37.4. The maximum atomic E-state index is 12.8. The summed E-state index contributed by atoms with van der Waals surface area (Å²) in [6, 6.07) is -0.790. The lowest BCUT2D eigenvalue weighted by molar-refractivity contribution is -0.870. The number of rotatable bonds is 44. The monoisotopic (exact) mass is 803 g/mol. The van der Waals surface area contributed by atoms with Crippen molar-refractivity contribution in [3.05, 3.63) is 0 Å². The van der Waals surface area contributed by atoms with Crippen LogP contribution in [0.4, 0.5) is 0 Å². The molecule has 0 heterocycles. The van der Waals surface area contributed by atoms with Gasteiger partial charge in [-0.15, -0.1) is 0 Å². The molecule has 8 nitrogen and oxygen atoms in total. The molecular weight excluding hydrogens is 707 g/mol. The van der Waals surface area contributed by atoms with Crippen molar-refractivity contribution in [2.24, 2.45) is 0 Å². The van der Waals surface area contributed by atoms with E-state index in [4.69, 9.17) is 9.05 Å². The van der Waals surface area contributed by atoms with Gasteiger partial charge in [0.05, 0.1) is 39.9 Å². The third-order valence-corrected chi connectivity index (χ3v) is 12.1. The van der Waals surface area contributed by atoms with Gasteiger partial charge in [-0.25, -0.2) is 0 Å². The van der Waals surface area contributed by atoms with E-state index in [9.17, 15) is 19.4 Å². The fourth-order valence-corrected chi connectivity index (χ4v) is 8.00. The van der Waals surface area contributed by atoms with Crippen molar-refractivity contribution in [2.45, 2.75) is 251 Å². The van der Waals surface area contributed by atoms with Crippen LogP contribution in [0.2, 0.25) is 0 Å². The molecule has 3 atom stereocenters. The molecular formula is C46H95N2O6P. The van der Waals surface area contributed by atoms with Crippen molar-refractivity contribution in [3.8, 4) is 0 Å². The topological polar surface area (TPSA) is 108 Å². The molecule has 55 heavy (non-hydrogen) atoms. The van der Waals surface area contributed by atoms with Gasteiger partial charge in [0.15, 0.2) is 0 Å². The Morgan fingerprint density at radius 3 is 1.24 bits per heavy atom. The van der Waals surface area contributed by atoms with E-state index < -0.39 is 20.0 Å². The Bertz CT molecular complexity index is 870. The number of nitrogens with one attached hydrogen (secondary N) is 1. The molecule has 0 aliphatic rings. The summed E-state index contributed by atoms with van der Waals surface area (Å²) in [6.07, 6.45) is 43.2. The molecule has 0 bridgehead atoms. The summed E-state index contributed by atoms with van der Waals surface area (Å²) < 4.78 is 23.1. The predicted octanol–water partition coefficient (Wildman–Crippen LogP) is 12.7. The summed E-state index contributed by atoms with van der Waals surface area (Å²) in [5, 5.41) is 13.7.